The lowest BCUT2D eigenvalue weighted by Gasteiger charge is -2.09. The molecule has 0 saturated heterocycles. The zero-order valence-electron chi connectivity index (χ0n) is 11.7. The molecule has 0 aliphatic carbocycles. The smallest absolute Gasteiger partial charge is 0.161 e. The van der Waals surface area contributed by atoms with Crippen LogP contribution in [0.4, 0.5) is 5.82 Å². The maximum Gasteiger partial charge on any atom is 0.161 e. The highest BCUT2D eigenvalue weighted by Gasteiger charge is 2.07. The maximum absolute atomic E-state index is 5.17. The van der Waals surface area contributed by atoms with E-state index in [-0.39, 0.29) is 0 Å². The monoisotopic (exact) mass is 335 g/mol. The van der Waals surface area contributed by atoms with Gasteiger partial charge in [0.2, 0.25) is 0 Å². The molecule has 5 heteroatoms. The molecule has 20 heavy (non-hydrogen) atoms. The summed E-state index contributed by atoms with van der Waals surface area (Å²) in [7, 11) is 1.67. The summed E-state index contributed by atoms with van der Waals surface area (Å²) in [5.41, 5.74) is 1.85. The van der Waals surface area contributed by atoms with Crippen molar-refractivity contribution in [1.29, 1.82) is 0 Å². The van der Waals surface area contributed by atoms with Gasteiger partial charge in [-0.15, -0.1) is 0 Å². The Bertz CT molecular complexity index is 575. The van der Waals surface area contributed by atoms with Crippen LogP contribution in [0.25, 0.3) is 11.4 Å². The van der Waals surface area contributed by atoms with Gasteiger partial charge in [-0.2, -0.15) is 0 Å². The lowest BCUT2D eigenvalue weighted by Crippen LogP contribution is -2.06. The maximum atomic E-state index is 5.17. The number of hydrogen-bond acceptors (Lipinski definition) is 4. The Labute approximate surface area is 127 Å². The summed E-state index contributed by atoms with van der Waals surface area (Å²) in [6, 6.07) is 9.90. The third-order valence-electron chi connectivity index (χ3n) is 2.71. The summed E-state index contributed by atoms with van der Waals surface area (Å²) in [5, 5.41) is 3.30. The number of methoxy groups -OCH3 is 1. The van der Waals surface area contributed by atoms with E-state index in [0.717, 1.165) is 34.5 Å². The molecule has 2 aromatic rings. The van der Waals surface area contributed by atoms with Crippen LogP contribution in [0.3, 0.4) is 0 Å². The van der Waals surface area contributed by atoms with E-state index in [4.69, 9.17) is 4.74 Å². The molecular weight excluding hydrogens is 318 g/mol. The summed E-state index contributed by atoms with van der Waals surface area (Å²) >= 11 is 3.47. The number of benzene rings is 1. The van der Waals surface area contributed by atoms with E-state index in [2.05, 4.69) is 38.1 Å². The predicted octanol–water partition coefficient (Wildman–Crippen LogP) is 3.87. The fourth-order valence-electron chi connectivity index (χ4n) is 1.82. The highest BCUT2D eigenvalue weighted by Crippen LogP contribution is 2.22. The summed E-state index contributed by atoms with van der Waals surface area (Å²) in [4.78, 5) is 9.11. The Kier molecular flexibility index (Phi) is 5.49. The van der Waals surface area contributed by atoms with E-state index >= 15 is 0 Å². The molecule has 0 aliphatic rings. The zero-order valence-corrected chi connectivity index (χ0v) is 13.3. The molecule has 0 unspecified atom stereocenters. The molecule has 0 spiro atoms. The van der Waals surface area contributed by atoms with Crippen molar-refractivity contribution in [2.24, 2.45) is 0 Å². The molecule has 0 bridgehead atoms. The molecule has 0 aliphatic heterocycles. The largest absolute Gasteiger partial charge is 0.378 e. The quantitative estimate of drug-likeness (QED) is 0.870. The minimum Gasteiger partial charge on any atom is -0.378 e. The second-order valence-electron chi connectivity index (χ2n) is 4.44. The standard InChI is InChI=1S/C15H18BrN3O/c1-3-7-17-14-9-13(10-20-2)18-15(19-14)11-5-4-6-12(16)8-11/h4-6,8-9H,3,7,10H2,1-2H3,(H,17,18,19). The minimum atomic E-state index is 0.477. The van der Waals surface area contributed by atoms with E-state index < -0.39 is 0 Å². The second-order valence-corrected chi connectivity index (χ2v) is 5.35. The fraction of sp³-hybridized carbons (Fsp3) is 0.333. The Hall–Kier alpha value is -1.46. The van der Waals surface area contributed by atoms with Crippen molar-refractivity contribution in [3.05, 3.63) is 40.5 Å². The van der Waals surface area contributed by atoms with Crippen LogP contribution in [-0.4, -0.2) is 23.6 Å². The van der Waals surface area contributed by atoms with Gasteiger partial charge in [-0.3, -0.25) is 0 Å². The Balaban J connectivity index is 2.37. The molecule has 1 aromatic carbocycles. The second kappa shape index (κ2) is 7.36. The molecule has 2 rings (SSSR count). The molecule has 1 N–H and O–H groups in total. The molecule has 106 valence electrons. The van der Waals surface area contributed by atoms with Crippen LogP contribution < -0.4 is 5.32 Å². The summed E-state index contributed by atoms with van der Waals surface area (Å²) < 4.78 is 6.19. The molecule has 1 heterocycles. The highest BCUT2D eigenvalue weighted by atomic mass is 79.9. The molecule has 4 nitrogen and oxygen atoms in total. The predicted molar refractivity (Wildman–Crippen MR) is 84.7 cm³/mol. The van der Waals surface area contributed by atoms with Crippen molar-refractivity contribution in [2.45, 2.75) is 20.0 Å². The normalized spacial score (nSPS) is 10.6. The average Bonchev–Trinajstić information content (AvgIpc) is 2.45. The molecule has 0 amide bonds. The first-order chi connectivity index (χ1) is 9.72. The number of ether oxygens (including phenoxy) is 1. The van der Waals surface area contributed by atoms with Gasteiger partial charge in [0, 0.05) is 29.8 Å². The van der Waals surface area contributed by atoms with Gasteiger partial charge in [-0.1, -0.05) is 35.0 Å². The van der Waals surface area contributed by atoms with E-state index in [1.807, 2.05) is 30.3 Å². The number of aromatic nitrogens is 2. The van der Waals surface area contributed by atoms with Crippen LogP contribution in [0.15, 0.2) is 34.8 Å². The van der Waals surface area contributed by atoms with Crippen molar-refractivity contribution in [1.82, 2.24) is 9.97 Å². The van der Waals surface area contributed by atoms with Crippen molar-refractivity contribution < 1.29 is 4.74 Å². The molecule has 0 saturated carbocycles. The third kappa shape index (κ3) is 4.02. The number of nitrogens with one attached hydrogen (secondary N) is 1. The Morgan fingerprint density at radius 2 is 2.10 bits per heavy atom. The topological polar surface area (TPSA) is 47.0 Å². The van der Waals surface area contributed by atoms with Crippen LogP contribution in [0.5, 0.6) is 0 Å². The van der Waals surface area contributed by atoms with Gasteiger partial charge in [0.15, 0.2) is 5.82 Å². The summed E-state index contributed by atoms with van der Waals surface area (Å²) in [6.45, 7) is 3.49. The number of halogens is 1. The average molecular weight is 336 g/mol. The van der Waals surface area contributed by atoms with E-state index in [0.29, 0.717) is 12.4 Å². The van der Waals surface area contributed by atoms with Crippen LogP contribution >= 0.6 is 15.9 Å². The van der Waals surface area contributed by atoms with Crippen LogP contribution in [-0.2, 0) is 11.3 Å². The van der Waals surface area contributed by atoms with Crippen LogP contribution in [0.2, 0.25) is 0 Å². The molecule has 0 atom stereocenters. The van der Waals surface area contributed by atoms with Gasteiger partial charge in [0.1, 0.15) is 5.82 Å². The molecule has 1 aromatic heterocycles. The molecule has 0 radical (unpaired) electrons. The van der Waals surface area contributed by atoms with Gasteiger partial charge in [-0.25, -0.2) is 9.97 Å². The Morgan fingerprint density at radius 1 is 1.25 bits per heavy atom. The van der Waals surface area contributed by atoms with Gasteiger partial charge in [-0.05, 0) is 18.6 Å². The lowest BCUT2D eigenvalue weighted by molar-refractivity contribution is 0.181. The zero-order chi connectivity index (χ0) is 14.4. The van der Waals surface area contributed by atoms with Crippen molar-refractivity contribution in [3.8, 4) is 11.4 Å². The van der Waals surface area contributed by atoms with E-state index in [1.54, 1.807) is 7.11 Å². The Morgan fingerprint density at radius 3 is 2.80 bits per heavy atom. The summed E-state index contributed by atoms with van der Waals surface area (Å²) in [5.74, 6) is 1.54. The first kappa shape index (κ1) is 14.9. The van der Waals surface area contributed by atoms with Crippen LogP contribution in [0.1, 0.15) is 19.0 Å². The van der Waals surface area contributed by atoms with Gasteiger partial charge in [0.25, 0.3) is 0 Å². The number of nitrogens with zero attached hydrogens (tertiary/aromatic N) is 2. The SMILES string of the molecule is CCCNc1cc(COC)nc(-c2cccc(Br)c2)n1. The third-order valence-corrected chi connectivity index (χ3v) is 3.20. The van der Waals surface area contributed by atoms with E-state index in [1.165, 1.54) is 0 Å². The molecule has 0 fully saturated rings. The highest BCUT2D eigenvalue weighted by molar-refractivity contribution is 9.10. The number of anilines is 1. The van der Waals surface area contributed by atoms with Gasteiger partial charge in [0.05, 0.1) is 12.3 Å². The molecular formula is C15H18BrN3O. The number of hydrogen-bond donors (Lipinski definition) is 1. The van der Waals surface area contributed by atoms with Crippen molar-refractivity contribution in [3.63, 3.8) is 0 Å². The first-order valence-corrected chi connectivity index (χ1v) is 7.39. The van der Waals surface area contributed by atoms with Gasteiger partial charge < -0.3 is 10.1 Å². The van der Waals surface area contributed by atoms with Crippen molar-refractivity contribution in [2.75, 3.05) is 19.0 Å². The summed E-state index contributed by atoms with van der Waals surface area (Å²) in [6.07, 6.45) is 1.05. The van der Waals surface area contributed by atoms with Gasteiger partial charge >= 0.3 is 0 Å². The first-order valence-electron chi connectivity index (χ1n) is 6.59. The minimum absolute atomic E-state index is 0.477. The number of rotatable bonds is 6. The fourth-order valence-corrected chi connectivity index (χ4v) is 2.22. The van der Waals surface area contributed by atoms with Crippen LogP contribution in [0, 0.1) is 0 Å². The lowest BCUT2D eigenvalue weighted by atomic mass is 10.2. The van der Waals surface area contributed by atoms with E-state index in [9.17, 15) is 0 Å². The van der Waals surface area contributed by atoms with Crippen molar-refractivity contribution >= 4 is 21.7 Å².